The van der Waals surface area contributed by atoms with Crippen LogP contribution in [-0.4, -0.2) is 34.3 Å². The van der Waals surface area contributed by atoms with Crippen molar-refractivity contribution in [1.82, 2.24) is 15.1 Å². The molecule has 0 unspecified atom stereocenters. The maximum Gasteiger partial charge on any atom is 0.259 e. The highest BCUT2D eigenvalue weighted by atomic mass is 16.5. The lowest BCUT2D eigenvalue weighted by molar-refractivity contribution is 0.423. The van der Waals surface area contributed by atoms with Gasteiger partial charge in [-0.15, -0.1) is 0 Å². The number of pyridine rings is 1. The van der Waals surface area contributed by atoms with Crippen LogP contribution in [0.2, 0.25) is 0 Å². The monoisotopic (exact) mass is 273 g/mol. The molecule has 1 saturated heterocycles. The summed E-state index contributed by atoms with van der Waals surface area (Å²) >= 11 is 0. The minimum absolute atomic E-state index is 0.330. The molecule has 1 aliphatic heterocycles. The number of nitrogens with two attached hydrogens (primary N) is 1. The number of aryl methyl sites for hydroxylation is 1. The van der Waals surface area contributed by atoms with Crippen LogP contribution in [0.3, 0.4) is 0 Å². The van der Waals surface area contributed by atoms with Crippen molar-refractivity contribution in [1.29, 1.82) is 0 Å². The molecule has 3 rings (SSSR count). The summed E-state index contributed by atoms with van der Waals surface area (Å²) in [6, 6.07) is 4.31. The maximum absolute atomic E-state index is 5.92. The molecule has 0 spiro atoms. The van der Waals surface area contributed by atoms with Gasteiger partial charge in [0.1, 0.15) is 5.82 Å². The third kappa shape index (κ3) is 2.65. The van der Waals surface area contributed by atoms with Gasteiger partial charge in [-0.3, -0.25) is 0 Å². The maximum atomic E-state index is 5.92. The Hall–Kier alpha value is -1.95. The Balaban J connectivity index is 1.74. The van der Waals surface area contributed by atoms with Crippen LogP contribution in [0, 0.1) is 0 Å². The van der Waals surface area contributed by atoms with Gasteiger partial charge in [-0.2, -0.15) is 4.98 Å². The van der Waals surface area contributed by atoms with Gasteiger partial charge < -0.3 is 15.2 Å². The van der Waals surface area contributed by atoms with Gasteiger partial charge in [0.15, 0.2) is 5.82 Å². The zero-order valence-corrected chi connectivity index (χ0v) is 11.6. The Morgan fingerprint density at radius 2 is 2.15 bits per heavy atom. The second-order valence-electron chi connectivity index (χ2n) is 5.10. The molecule has 0 aliphatic carbocycles. The average Bonchev–Trinajstić information content (AvgIpc) is 2.97. The van der Waals surface area contributed by atoms with E-state index >= 15 is 0 Å². The smallest absolute Gasteiger partial charge is 0.259 e. The molecule has 2 aromatic heterocycles. The number of nitrogens with zero attached hydrogens (tertiary/aromatic N) is 4. The molecule has 0 aromatic carbocycles. The quantitative estimate of drug-likeness (QED) is 0.915. The van der Waals surface area contributed by atoms with E-state index in [9.17, 15) is 0 Å². The van der Waals surface area contributed by atoms with Gasteiger partial charge in [0.2, 0.25) is 0 Å². The van der Waals surface area contributed by atoms with Gasteiger partial charge in [0.05, 0.1) is 5.56 Å². The van der Waals surface area contributed by atoms with Crippen molar-refractivity contribution < 1.29 is 4.52 Å². The molecule has 3 heterocycles. The summed E-state index contributed by atoms with van der Waals surface area (Å²) in [5.41, 5.74) is 6.77. The van der Waals surface area contributed by atoms with Crippen molar-refractivity contribution >= 4 is 5.82 Å². The van der Waals surface area contributed by atoms with Gasteiger partial charge in [-0.05, 0) is 25.0 Å². The van der Waals surface area contributed by atoms with Crippen molar-refractivity contribution in [3.63, 3.8) is 0 Å². The predicted molar refractivity (Wildman–Crippen MR) is 76.3 cm³/mol. The molecule has 1 fully saturated rings. The van der Waals surface area contributed by atoms with E-state index in [0.717, 1.165) is 43.7 Å². The van der Waals surface area contributed by atoms with Gasteiger partial charge >= 0.3 is 0 Å². The van der Waals surface area contributed by atoms with Gasteiger partial charge in [-0.25, -0.2) is 4.98 Å². The second kappa shape index (κ2) is 5.58. The summed E-state index contributed by atoms with van der Waals surface area (Å²) in [5.74, 6) is 2.23. The zero-order chi connectivity index (χ0) is 13.9. The Labute approximate surface area is 118 Å². The molecule has 2 N–H and O–H groups in total. The highest BCUT2D eigenvalue weighted by molar-refractivity contribution is 5.54. The summed E-state index contributed by atoms with van der Waals surface area (Å²) in [4.78, 5) is 11.1. The zero-order valence-electron chi connectivity index (χ0n) is 11.6. The van der Waals surface area contributed by atoms with Crippen molar-refractivity contribution in [3.05, 3.63) is 24.2 Å². The number of hydrogen-bond acceptors (Lipinski definition) is 6. The SMILES string of the molecule is CCc1noc(-c2ccc(N3CCC(N)CC3)nc2)n1. The first-order valence-corrected chi connectivity index (χ1v) is 7.06. The summed E-state index contributed by atoms with van der Waals surface area (Å²) in [6.45, 7) is 3.93. The molecule has 0 atom stereocenters. The van der Waals surface area contributed by atoms with Crippen LogP contribution in [0.1, 0.15) is 25.6 Å². The van der Waals surface area contributed by atoms with E-state index in [2.05, 4.69) is 20.0 Å². The molecule has 1 aliphatic rings. The van der Waals surface area contributed by atoms with Gasteiger partial charge in [0.25, 0.3) is 5.89 Å². The lowest BCUT2D eigenvalue weighted by atomic mass is 10.1. The Bertz CT molecular complexity index is 557. The number of piperidine rings is 1. The van der Waals surface area contributed by atoms with Crippen molar-refractivity contribution in [2.45, 2.75) is 32.2 Å². The third-order valence-electron chi connectivity index (χ3n) is 3.64. The summed E-state index contributed by atoms with van der Waals surface area (Å²) in [6.07, 6.45) is 4.60. The molecular formula is C14H19N5O. The molecule has 0 saturated carbocycles. The van der Waals surface area contributed by atoms with Crippen LogP contribution >= 0.6 is 0 Å². The third-order valence-corrected chi connectivity index (χ3v) is 3.64. The summed E-state index contributed by atoms with van der Waals surface area (Å²) in [5, 5.41) is 3.89. The summed E-state index contributed by atoms with van der Waals surface area (Å²) < 4.78 is 5.21. The van der Waals surface area contributed by atoms with Crippen LogP contribution in [0.25, 0.3) is 11.5 Å². The Morgan fingerprint density at radius 3 is 2.75 bits per heavy atom. The highest BCUT2D eigenvalue weighted by Crippen LogP contribution is 2.21. The molecule has 6 heteroatoms. The lowest BCUT2D eigenvalue weighted by Gasteiger charge is -2.31. The van der Waals surface area contributed by atoms with Crippen molar-refractivity contribution in [2.75, 3.05) is 18.0 Å². The van der Waals surface area contributed by atoms with E-state index < -0.39 is 0 Å². The van der Waals surface area contributed by atoms with Gasteiger partial charge in [0, 0.05) is 31.7 Å². The molecule has 6 nitrogen and oxygen atoms in total. The Morgan fingerprint density at radius 1 is 1.35 bits per heavy atom. The minimum Gasteiger partial charge on any atom is -0.357 e. The van der Waals surface area contributed by atoms with E-state index in [1.54, 1.807) is 6.20 Å². The lowest BCUT2D eigenvalue weighted by Crippen LogP contribution is -2.40. The average molecular weight is 273 g/mol. The number of hydrogen-bond donors (Lipinski definition) is 1. The van der Waals surface area contributed by atoms with Crippen LogP contribution in [0.5, 0.6) is 0 Å². The molecule has 0 amide bonds. The molecule has 106 valence electrons. The second-order valence-corrected chi connectivity index (χ2v) is 5.10. The van der Waals surface area contributed by atoms with Crippen molar-refractivity contribution in [3.8, 4) is 11.5 Å². The Kier molecular flexibility index (Phi) is 3.64. The fourth-order valence-electron chi connectivity index (χ4n) is 2.34. The van der Waals surface area contributed by atoms with E-state index in [4.69, 9.17) is 10.3 Å². The topological polar surface area (TPSA) is 81.1 Å². The highest BCUT2D eigenvalue weighted by Gasteiger charge is 2.17. The summed E-state index contributed by atoms with van der Waals surface area (Å²) in [7, 11) is 0. The fourth-order valence-corrected chi connectivity index (χ4v) is 2.34. The molecule has 20 heavy (non-hydrogen) atoms. The molecular weight excluding hydrogens is 254 g/mol. The van der Waals surface area contributed by atoms with Crippen LogP contribution in [0.4, 0.5) is 5.82 Å². The van der Waals surface area contributed by atoms with Crippen LogP contribution in [0.15, 0.2) is 22.9 Å². The fraction of sp³-hybridized carbons (Fsp3) is 0.500. The number of rotatable bonds is 3. The van der Waals surface area contributed by atoms with Gasteiger partial charge in [-0.1, -0.05) is 12.1 Å². The van der Waals surface area contributed by atoms with E-state index in [-0.39, 0.29) is 0 Å². The predicted octanol–water partition coefficient (Wildman–Crippen LogP) is 1.62. The van der Waals surface area contributed by atoms with E-state index in [1.807, 2.05) is 19.1 Å². The number of aromatic nitrogens is 3. The van der Waals surface area contributed by atoms with Crippen LogP contribution < -0.4 is 10.6 Å². The minimum atomic E-state index is 0.330. The van der Waals surface area contributed by atoms with Crippen LogP contribution in [-0.2, 0) is 6.42 Å². The van der Waals surface area contributed by atoms with Crippen molar-refractivity contribution in [2.24, 2.45) is 5.73 Å². The molecule has 0 bridgehead atoms. The normalized spacial score (nSPS) is 16.6. The first-order chi connectivity index (χ1) is 9.76. The largest absolute Gasteiger partial charge is 0.357 e. The first-order valence-electron chi connectivity index (χ1n) is 7.06. The molecule has 0 radical (unpaired) electrons. The standard InChI is InChI=1S/C14H19N5O/c1-2-12-17-14(20-18-12)10-3-4-13(16-9-10)19-7-5-11(15)6-8-19/h3-4,9,11H,2,5-8,15H2,1H3. The first kappa shape index (κ1) is 13.1. The van der Waals surface area contributed by atoms with E-state index in [0.29, 0.717) is 17.8 Å². The number of anilines is 1. The van der Waals surface area contributed by atoms with E-state index in [1.165, 1.54) is 0 Å². The molecule has 2 aromatic rings.